The Morgan fingerprint density at radius 1 is 1.06 bits per heavy atom. The lowest BCUT2D eigenvalue weighted by molar-refractivity contribution is 0.138. The highest BCUT2D eigenvalue weighted by Crippen LogP contribution is 2.29. The molecule has 1 fully saturated rings. The summed E-state index contributed by atoms with van der Waals surface area (Å²) in [6, 6.07) is 11.9. The largest absolute Gasteiger partial charge is 0.419 e. The van der Waals surface area contributed by atoms with Crippen LogP contribution in [0.5, 0.6) is 0 Å². The molecule has 1 aliphatic heterocycles. The molecule has 0 unspecified atom stereocenters. The molecule has 0 N–H and O–H groups in total. The molecule has 2 aromatic heterocycles. The molecule has 5 rings (SSSR count). The van der Waals surface area contributed by atoms with Gasteiger partial charge in [0.15, 0.2) is 0 Å². The van der Waals surface area contributed by atoms with E-state index in [9.17, 15) is 8.42 Å². The molecule has 32 heavy (non-hydrogen) atoms. The van der Waals surface area contributed by atoms with Crippen molar-refractivity contribution >= 4 is 34.2 Å². The van der Waals surface area contributed by atoms with Crippen molar-refractivity contribution in [2.24, 2.45) is 0 Å². The van der Waals surface area contributed by atoms with Crippen molar-refractivity contribution in [2.45, 2.75) is 17.9 Å². The first-order valence-electron chi connectivity index (χ1n) is 10.4. The number of benzene rings is 2. The first-order chi connectivity index (χ1) is 15.5. The summed E-state index contributed by atoms with van der Waals surface area (Å²) >= 11 is 0. The maximum absolute atomic E-state index is 13.2. The molecule has 0 spiro atoms. The number of hydrogen-bond acceptors (Lipinski definition) is 8. The normalized spacial score (nSPS) is 15.8. The van der Waals surface area contributed by atoms with Crippen molar-refractivity contribution in [3.8, 4) is 11.5 Å². The molecular weight excluding hydrogens is 429 g/mol. The van der Waals surface area contributed by atoms with Crippen LogP contribution < -0.4 is 5.46 Å². The third-order valence-corrected chi connectivity index (χ3v) is 7.05. The minimum absolute atomic E-state index is 0.176. The highest BCUT2D eigenvalue weighted by Gasteiger charge is 2.23. The van der Waals surface area contributed by atoms with E-state index in [-0.39, 0.29) is 4.90 Å². The molecule has 0 radical (unpaired) electrons. The Hall–Kier alpha value is -3.02. The standard InChI is InChI=1S/C21H22BN5O4S/c22-15-11-17(21-25-24-20(31-21)14-26-7-4-9-30-10-8-26)18-13-23-27(19(18)12-15)32(28,29)16-5-2-1-3-6-16/h1-3,5-6,11-13H,4,7-10,14,22H2. The van der Waals surface area contributed by atoms with Crippen LogP contribution in [-0.2, 0) is 21.3 Å². The average molecular weight is 451 g/mol. The van der Waals surface area contributed by atoms with Crippen molar-refractivity contribution < 1.29 is 17.6 Å². The smallest absolute Gasteiger partial charge is 0.283 e. The highest BCUT2D eigenvalue weighted by molar-refractivity contribution is 7.90. The van der Waals surface area contributed by atoms with E-state index in [1.807, 2.05) is 13.9 Å². The lowest BCUT2D eigenvalue weighted by Crippen LogP contribution is -2.25. The lowest BCUT2D eigenvalue weighted by Gasteiger charge is -2.15. The van der Waals surface area contributed by atoms with Gasteiger partial charge in [0.25, 0.3) is 10.0 Å². The summed E-state index contributed by atoms with van der Waals surface area (Å²) in [6.45, 7) is 3.73. The predicted octanol–water partition coefficient (Wildman–Crippen LogP) is 0.804. The number of aromatic nitrogens is 4. The summed E-state index contributed by atoms with van der Waals surface area (Å²) in [5.41, 5.74) is 1.99. The number of fused-ring (bicyclic) bond motifs is 1. The van der Waals surface area contributed by atoms with Crippen molar-refractivity contribution in [1.29, 1.82) is 0 Å². The fourth-order valence-electron chi connectivity index (χ4n) is 3.88. The molecule has 1 saturated heterocycles. The molecule has 1 aliphatic rings. The van der Waals surface area contributed by atoms with E-state index in [1.165, 1.54) is 6.20 Å². The summed E-state index contributed by atoms with van der Waals surface area (Å²) < 4.78 is 38.8. The van der Waals surface area contributed by atoms with Crippen LogP contribution in [-0.4, -0.2) is 66.9 Å². The molecular formula is C21H22BN5O4S. The molecule has 0 saturated carbocycles. The van der Waals surface area contributed by atoms with Gasteiger partial charge in [-0.2, -0.15) is 17.6 Å². The molecule has 0 aliphatic carbocycles. The van der Waals surface area contributed by atoms with Gasteiger partial charge in [-0.1, -0.05) is 29.7 Å². The highest BCUT2D eigenvalue weighted by atomic mass is 32.2. The average Bonchev–Trinajstić information content (AvgIpc) is 3.35. The summed E-state index contributed by atoms with van der Waals surface area (Å²) in [4.78, 5) is 2.40. The van der Waals surface area contributed by atoms with Gasteiger partial charge in [0.05, 0.1) is 29.8 Å². The van der Waals surface area contributed by atoms with Gasteiger partial charge in [-0.05, 0) is 24.6 Å². The SMILES string of the molecule is Bc1cc(-c2nnc(CN3CCCOCC3)o2)c2cnn(S(=O)(=O)c3ccccc3)c2c1. The van der Waals surface area contributed by atoms with E-state index < -0.39 is 10.0 Å². The Balaban J connectivity index is 1.52. The molecule has 164 valence electrons. The Morgan fingerprint density at radius 3 is 2.75 bits per heavy atom. The Morgan fingerprint density at radius 2 is 1.91 bits per heavy atom. The molecule has 11 heteroatoms. The molecule has 2 aromatic carbocycles. The van der Waals surface area contributed by atoms with E-state index in [4.69, 9.17) is 9.15 Å². The summed E-state index contributed by atoms with van der Waals surface area (Å²) in [6.07, 6.45) is 2.50. The van der Waals surface area contributed by atoms with E-state index in [2.05, 4.69) is 20.2 Å². The molecule has 9 nitrogen and oxygen atoms in total. The molecule has 0 atom stereocenters. The minimum atomic E-state index is -3.83. The Bertz CT molecular complexity index is 1350. The number of nitrogens with zero attached hydrogens (tertiary/aromatic N) is 5. The van der Waals surface area contributed by atoms with E-state index in [0.717, 1.165) is 35.7 Å². The summed E-state index contributed by atoms with van der Waals surface area (Å²) in [7, 11) is -1.94. The maximum Gasteiger partial charge on any atom is 0.283 e. The van der Waals surface area contributed by atoms with Gasteiger partial charge in [-0.15, -0.1) is 10.2 Å². The third-order valence-electron chi connectivity index (χ3n) is 5.44. The van der Waals surface area contributed by atoms with Gasteiger partial charge in [0, 0.05) is 30.6 Å². The van der Waals surface area contributed by atoms with Crippen LogP contribution in [0.2, 0.25) is 0 Å². The van der Waals surface area contributed by atoms with Crippen LogP contribution >= 0.6 is 0 Å². The van der Waals surface area contributed by atoms with Crippen LogP contribution in [0.4, 0.5) is 0 Å². The molecule has 0 amide bonds. The lowest BCUT2D eigenvalue weighted by atomic mass is 9.92. The minimum Gasteiger partial charge on any atom is -0.419 e. The van der Waals surface area contributed by atoms with Crippen LogP contribution in [0.1, 0.15) is 12.3 Å². The van der Waals surface area contributed by atoms with E-state index in [0.29, 0.717) is 41.4 Å². The monoisotopic (exact) mass is 451 g/mol. The fourth-order valence-corrected chi connectivity index (χ4v) is 5.16. The summed E-state index contributed by atoms with van der Waals surface area (Å²) in [5.74, 6) is 0.859. The Kier molecular flexibility index (Phi) is 5.54. The second kappa shape index (κ2) is 8.49. The zero-order valence-corrected chi connectivity index (χ0v) is 18.5. The fraction of sp³-hybridized carbons (Fsp3) is 0.286. The van der Waals surface area contributed by atoms with Crippen LogP contribution in [0.25, 0.3) is 22.4 Å². The van der Waals surface area contributed by atoms with E-state index in [1.54, 1.807) is 36.4 Å². The summed E-state index contributed by atoms with van der Waals surface area (Å²) in [5, 5.41) is 13.3. The second-order valence-corrected chi connectivity index (χ2v) is 9.56. The third kappa shape index (κ3) is 3.94. The van der Waals surface area contributed by atoms with Gasteiger partial charge < -0.3 is 9.15 Å². The number of hydrogen-bond donors (Lipinski definition) is 0. The van der Waals surface area contributed by atoms with Gasteiger partial charge in [0.1, 0.15) is 7.85 Å². The first-order valence-corrected chi connectivity index (χ1v) is 11.9. The van der Waals surface area contributed by atoms with Crippen molar-refractivity contribution in [3.63, 3.8) is 0 Å². The number of rotatable bonds is 5. The maximum atomic E-state index is 13.2. The van der Waals surface area contributed by atoms with Gasteiger partial charge in [-0.25, -0.2) is 0 Å². The van der Waals surface area contributed by atoms with Crippen molar-refractivity contribution in [2.75, 3.05) is 26.3 Å². The quantitative estimate of drug-likeness (QED) is 0.411. The zero-order valence-electron chi connectivity index (χ0n) is 17.6. The molecule has 0 bridgehead atoms. The van der Waals surface area contributed by atoms with Crippen LogP contribution in [0, 0.1) is 0 Å². The van der Waals surface area contributed by atoms with Gasteiger partial charge in [0.2, 0.25) is 11.8 Å². The first kappa shape index (κ1) is 20.9. The van der Waals surface area contributed by atoms with Crippen molar-refractivity contribution in [1.82, 2.24) is 24.3 Å². The Labute approximate surface area is 186 Å². The molecule has 3 heterocycles. The number of ether oxygens (including phenoxy) is 1. The predicted molar refractivity (Wildman–Crippen MR) is 121 cm³/mol. The second-order valence-electron chi connectivity index (χ2n) is 7.79. The zero-order chi connectivity index (χ0) is 22.1. The van der Waals surface area contributed by atoms with Gasteiger partial charge in [-0.3, -0.25) is 4.90 Å². The molecule has 4 aromatic rings. The van der Waals surface area contributed by atoms with Crippen LogP contribution in [0.15, 0.2) is 58.0 Å². The van der Waals surface area contributed by atoms with Crippen molar-refractivity contribution in [3.05, 3.63) is 54.6 Å². The van der Waals surface area contributed by atoms with Crippen LogP contribution in [0.3, 0.4) is 0 Å². The topological polar surface area (TPSA) is 103 Å². The van der Waals surface area contributed by atoms with Gasteiger partial charge >= 0.3 is 0 Å². The van der Waals surface area contributed by atoms with E-state index >= 15 is 0 Å².